The minimum absolute atomic E-state index is 0.0395. The van der Waals surface area contributed by atoms with Gasteiger partial charge in [-0.15, -0.1) is 0 Å². The molecule has 4 heterocycles. The first-order valence-electron chi connectivity index (χ1n) is 11.3. The van der Waals surface area contributed by atoms with Crippen LogP contribution in [0.4, 0.5) is 0 Å². The van der Waals surface area contributed by atoms with Crippen molar-refractivity contribution in [2.24, 2.45) is 0 Å². The standard InChI is InChI=1S/C25H28N6O/c32-25(30-13-6-7-14-30)24-22(31-15-5-4-10-23(31)28-24)18-27-21(20-8-2-1-3-9-20)11-16-29-17-12-26-19-29/h1-5,8-10,12,15,17,19,21,27H,6-7,11,13-14,16,18H2. The highest BCUT2D eigenvalue weighted by Crippen LogP contribution is 2.22. The zero-order valence-corrected chi connectivity index (χ0v) is 18.1. The van der Waals surface area contributed by atoms with Gasteiger partial charge in [0.05, 0.1) is 12.0 Å². The lowest BCUT2D eigenvalue weighted by molar-refractivity contribution is 0.0786. The lowest BCUT2D eigenvalue weighted by Gasteiger charge is -2.20. The minimum Gasteiger partial charge on any atom is -0.337 e. The minimum atomic E-state index is 0.0395. The van der Waals surface area contributed by atoms with Crippen LogP contribution in [-0.4, -0.2) is 42.8 Å². The Morgan fingerprint density at radius 1 is 1.03 bits per heavy atom. The number of carbonyl (C=O) groups excluding carboxylic acids is 1. The van der Waals surface area contributed by atoms with E-state index in [1.807, 2.05) is 52.3 Å². The molecule has 1 atom stereocenters. The predicted octanol–water partition coefficient (Wildman–Crippen LogP) is 3.69. The van der Waals surface area contributed by atoms with Crippen LogP contribution in [0.1, 0.15) is 47.1 Å². The average Bonchev–Trinajstić information content (AvgIpc) is 3.60. The van der Waals surface area contributed by atoms with Crippen LogP contribution in [0.2, 0.25) is 0 Å². The summed E-state index contributed by atoms with van der Waals surface area (Å²) in [5.41, 5.74) is 3.52. The first-order chi connectivity index (χ1) is 15.8. The summed E-state index contributed by atoms with van der Waals surface area (Å²) in [5.74, 6) is 0.0395. The van der Waals surface area contributed by atoms with E-state index in [2.05, 4.69) is 39.1 Å². The topological polar surface area (TPSA) is 67.5 Å². The number of benzene rings is 1. The average molecular weight is 429 g/mol. The molecule has 1 aliphatic heterocycles. The molecule has 1 fully saturated rings. The lowest BCUT2D eigenvalue weighted by atomic mass is 10.0. The monoisotopic (exact) mass is 428 g/mol. The van der Waals surface area contributed by atoms with Crippen LogP contribution in [0.3, 0.4) is 0 Å². The smallest absolute Gasteiger partial charge is 0.274 e. The molecule has 1 unspecified atom stereocenters. The summed E-state index contributed by atoms with van der Waals surface area (Å²) in [6.07, 6.45) is 10.7. The van der Waals surface area contributed by atoms with E-state index in [9.17, 15) is 4.79 Å². The van der Waals surface area contributed by atoms with Gasteiger partial charge in [-0.2, -0.15) is 0 Å². The molecule has 32 heavy (non-hydrogen) atoms. The Bertz CT molecular complexity index is 1160. The van der Waals surface area contributed by atoms with E-state index >= 15 is 0 Å². The Morgan fingerprint density at radius 3 is 2.62 bits per heavy atom. The zero-order valence-electron chi connectivity index (χ0n) is 18.1. The molecular formula is C25H28N6O. The van der Waals surface area contributed by atoms with Crippen molar-refractivity contribution in [2.45, 2.75) is 38.4 Å². The van der Waals surface area contributed by atoms with Gasteiger partial charge in [0.25, 0.3) is 5.91 Å². The second-order valence-electron chi connectivity index (χ2n) is 8.27. The summed E-state index contributed by atoms with van der Waals surface area (Å²) in [6.45, 7) is 3.05. The molecule has 1 amide bonds. The van der Waals surface area contributed by atoms with E-state index in [1.165, 1.54) is 5.56 Å². The number of nitrogens with one attached hydrogen (secondary N) is 1. The summed E-state index contributed by atoms with van der Waals surface area (Å²) in [5, 5.41) is 3.71. The number of amides is 1. The number of rotatable bonds is 8. The molecule has 4 aromatic rings. The van der Waals surface area contributed by atoms with Gasteiger partial charge in [-0.1, -0.05) is 36.4 Å². The van der Waals surface area contributed by atoms with E-state index < -0.39 is 0 Å². The van der Waals surface area contributed by atoms with Crippen LogP contribution < -0.4 is 5.32 Å². The van der Waals surface area contributed by atoms with E-state index in [1.54, 1.807) is 6.20 Å². The van der Waals surface area contributed by atoms with Crippen LogP contribution in [0, 0.1) is 0 Å². The van der Waals surface area contributed by atoms with Gasteiger partial charge in [0.1, 0.15) is 5.65 Å². The third kappa shape index (κ3) is 4.29. The van der Waals surface area contributed by atoms with Gasteiger partial charge in [0.2, 0.25) is 0 Å². The fourth-order valence-corrected chi connectivity index (χ4v) is 4.45. The van der Waals surface area contributed by atoms with Gasteiger partial charge in [-0.25, -0.2) is 9.97 Å². The molecule has 164 valence electrons. The number of fused-ring (bicyclic) bond motifs is 1. The van der Waals surface area contributed by atoms with Gasteiger partial charge < -0.3 is 19.2 Å². The summed E-state index contributed by atoms with van der Waals surface area (Å²) >= 11 is 0. The molecule has 5 rings (SSSR count). The van der Waals surface area contributed by atoms with Crippen molar-refractivity contribution in [2.75, 3.05) is 13.1 Å². The number of nitrogens with zero attached hydrogens (tertiary/aromatic N) is 5. The molecule has 7 nitrogen and oxygen atoms in total. The van der Waals surface area contributed by atoms with Gasteiger partial charge in [0.15, 0.2) is 5.69 Å². The van der Waals surface area contributed by atoms with Crippen molar-refractivity contribution in [1.29, 1.82) is 0 Å². The largest absolute Gasteiger partial charge is 0.337 e. The number of aromatic nitrogens is 4. The Kier molecular flexibility index (Phi) is 5.98. The predicted molar refractivity (Wildman–Crippen MR) is 123 cm³/mol. The fourth-order valence-electron chi connectivity index (χ4n) is 4.45. The Morgan fingerprint density at radius 2 is 1.84 bits per heavy atom. The third-order valence-corrected chi connectivity index (χ3v) is 6.18. The highest BCUT2D eigenvalue weighted by Gasteiger charge is 2.26. The third-order valence-electron chi connectivity index (χ3n) is 6.18. The van der Waals surface area contributed by atoms with Crippen molar-refractivity contribution in [1.82, 2.24) is 29.2 Å². The van der Waals surface area contributed by atoms with Gasteiger partial charge in [-0.05, 0) is 37.0 Å². The molecule has 1 N–H and O–H groups in total. The van der Waals surface area contributed by atoms with Gasteiger partial charge >= 0.3 is 0 Å². The molecule has 7 heteroatoms. The molecule has 3 aromatic heterocycles. The maximum atomic E-state index is 13.2. The Labute approximate surface area is 187 Å². The number of imidazole rings is 2. The molecule has 0 aliphatic carbocycles. The lowest BCUT2D eigenvalue weighted by Crippen LogP contribution is -2.30. The second kappa shape index (κ2) is 9.36. The van der Waals surface area contributed by atoms with Crippen LogP contribution in [0.5, 0.6) is 0 Å². The van der Waals surface area contributed by atoms with Gasteiger partial charge in [-0.3, -0.25) is 4.79 Å². The molecule has 1 saturated heterocycles. The molecule has 1 aromatic carbocycles. The highest BCUT2D eigenvalue weighted by molar-refractivity contribution is 5.94. The Balaban J connectivity index is 1.41. The Hall–Kier alpha value is -3.45. The van der Waals surface area contributed by atoms with Crippen molar-refractivity contribution in [3.63, 3.8) is 0 Å². The molecular weight excluding hydrogens is 400 g/mol. The second-order valence-corrected chi connectivity index (χ2v) is 8.27. The first kappa shape index (κ1) is 20.5. The summed E-state index contributed by atoms with van der Waals surface area (Å²) < 4.78 is 4.13. The van der Waals surface area contributed by atoms with Crippen LogP contribution in [0.15, 0.2) is 73.4 Å². The number of hydrogen-bond acceptors (Lipinski definition) is 4. The van der Waals surface area contributed by atoms with E-state index in [0.717, 1.165) is 50.2 Å². The summed E-state index contributed by atoms with van der Waals surface area (Å²) in [4.78, 5) is 24.0. The maximum absolute atomic E-state index is 13.2. The molecule has 0 saturated carbocycles. The molecule has 0 bridgehead atoms. The molecule has 1 aliphatic rings. The normalized spacial score (nSPS) is 14.8. The SMILES string of the molecule is O=C(c1nc2ccccn2c1CNC(CCn1ccnc1)c1ccccc1)N1CCCC1. The van der Waals surface area contributed by atoms with Crippen molar-refractivity contribution in [3.8, 4) is 0 Å². The number of likely N-dealkylation sites (tertiary alicyclic amines) is 1. The molecule has 0 radical (unpaired) electrons. The summed E-state index contributed by atoms with van der Waals surface area (Å²) in [7, 11) is 0. The highest BCUT2D eigenvalue weighted by atomic mass is 16.2. The summed E-state index contributed by atoms with van der Waals surface area (Å²) in [6, 6.07) is 16.5. The van der Waals surface area contributed by atoms with E-state index in [0.29, 0.717) is 12.2 Å². The fraction of sp³-hybridized carbons (Fsp3) is 0.320. The van der Waals surface area contributed by atoms with Gasteiger partial charge in [0, 0.05) is 50.8 Å². The van der Waals surface area contributed by atoms with Crippen LogP contribution in [-0.2, 0) is 13.1 Å². The van der Waals surface area contributed by atoms with Crippen LogP contribution in [0.25, 0.3) is 5.65 Å². The van der Waals surface area contributed by atoms with E-state index in [-0.39, 0.29) is 11.9 Å². The van der Waals surface area contributed by atoms with Crippen molar-refractivity contribution in [3.05, 3.63) is 90.4 Å². The number of pyridine rings is 1. The maximum Gasteiger partial charge on any atom is 0.274 e. The quantitative estimate of drug-likeness (QED) is 0.465. The number of aryl methyl sites for hydroxylation is 1. The zero-order chi connectivity index (χ0) is 21.8. The van der Waals surface area contributed by atoms with E-state index in [4.69, 9.17) is 4.98 Å². The molecule has 0 spiro atoms. The van der Waals surface area contributed by atoms with Crippen molar-refractivity contribution < 1.29 is 4.79 Å². The number of carbonyl (C=O) groups is 1. The first-order valence-corrected chi connectivity index (χ1v) is 11.3. The van der Waals surface area contributed by atoms with Crippen molar-refractivity contribution >= 4 is 11.6 Å². The van der Waals surface area contributed by atoms with Crippen LogP contribution >= 0.6 is 0 Å². The number of hydrogen-bond donors (Lipinski definition) is 1.